The predicted molar refractivity (Wildman–Crippen MR) is 86.9 cm³/mol. The van der Waals surface area contributed by atoms with Gasteiger partial charge in [0.05, 0.1) is 0 Å². The van der Waals surface area contributed by atoms with Crippen molar-refractivity contribution < 1.29 is 5.11 Å². The van der Waals surface area contributed by atoms with Crippen LogP contribution in [0.1, 0.15) is 57.8 Å². The molecule has 1 N–H and O–H groups in total. The molecule has 1 heteroatoms. The van der Waals surface area contributed by atoms with Crippen LogP contribution in [0.3, 0.4) is 0 Å². The van der Waals surface area contributed by atoms with E-state index in [9.17, 15) is 5.11 Å². The maximum atomic E-state index is 10.8. The van der Waals surface area contributed by atoms with E-state index in [4.69, 9.17) is 0 Å². The molecule has 110 valence electrons. The molecule has 0 spiro atoms. The Kier molecular flexibility index (Phi) is 3.46. The van der Waals surface area contributed by atoms with Gasteiger partial charge in [-0.25, -0.2) is 0 Å². The van der Waals surface area contributed by atoms with Gasteiger partial charge in [0, 0.05) is 0 Å². The first-order valence-corrected chi connectivity index (χ1v) is 8.53. The molecule has 0 fully saturated rings. The lowest BCUT2D eigenvalue weighted by Crippen LogP contribution is -2.21. The molecule has 0 heterocycles. The number of aliphatic hydroxyl groups is 1. The Hall–Kier alpha value is -1.34. The molecule has 0 saturated carbocycles. The fourth-order valence-corrected chi connectivity index (χ4v) is 4.29. The van der Waals surface area contributed by atoms with Crippen molar-refractivity contribution in [3.05, 3.63) is 57.7 Å². The summed E-state index contributed by atoms with van der Waals surface area (Å²) in [5.41, 5.74) is 8.38. The second kappa shape index (κ2) is 5.46. The third-order valence-electron chi connectivity index (χ3n) is 5.53. The minimum atomic E-state index is -0.351. The third kappa shape index (κ3) is 2.38. The van der Waals surface area contributed by atoms with E-state index in [-0.39, 0.29) is 6.10 Å². The maximum Gasteiger partial charge on any atom is 0.101 e. The van der Waals surface area contributed by atoms with Crippen LogP contribution in [0.5, 0.6) is 0 Å². The highest BCUT2D eigenvalue weighted by molar-refractivity contribution is 5.53. The SMILES string of the molecule is OC1C(=C2C=CC3=C(CCCC3)C2)C=CC2=C1CCCC2. The monoisotopic (exact) mass is 280 g/mol. The number of hydrogen-bond acceptors (Lipinski definition) is 1. The molecule has 4 rings (SSSR count). The van der Waals surface area contributed by atoms with Gasteiger partial charge in [-0.2, -0.15) is 0 Å². The highest BCUT2D eigenvalue weighted by atomic mass is 16.3. The number of allylic oxidation sites excluding steroid dienone is 7. The molecule has 21 heavy (non-hydrogen) atoms. The standard InChI is InChI=1S/C20H24O/c21-20-18-8-4-3-6-15(18)11-12-19(20)17-10-9-14-5-1-2-7-16(14)13-17/h9-12,20-21H,1-8,13H2. The quantitative estimate of drug-likeness (QED) is 0.668. The molecule has 1 atom stereocenters. The Morgan fingerprint density at radius 3 is 2.29 bits per heavy atom. The van der Waals surface area contributed by atoms with Crippen molar-refractivity contribution in [3.8, 4) is 0 Å². The fraction of sp³-hybridized carbons (Fsp3) is 0.500. The summed E-state index contributed by atoms with van der Waals surface area (Å²) in [5, 5.41) is 10.8. The summed E-state index contributed by atoms with van der Waals surface area (Å²) < 4.78 is 0. The van der Waals surface area contributed by atoms with E-state index in [2.05, 4.69) is 24.3 Å². The molecule has 0 radical (unpaired) electrons. The highest BCUT2D eigenvalue weighted by Gasteiger charge is 2.26. The van der Waals surface area contributed by atoms with Crippen molar-refractivity contribution in [2.45, 2.75) is 63.9 Å². The first-order chi connectivity index (χ1) is 10.3. The lowest BCUT2D eigenvalue weighted by atomic mass is 9.77. The van der Waals surface area contributed by atoms with Gasteiger partial charge >= 0.3 is 0 Å². The van der Waals surface area contributed by atoms with Gasteiger partial charge in [0.25, 0.3) is 0 Å². The largest absolute Gasteiger partial charge is 0.384 e. The number of hydrogen-bond donors (Lipinski definition) is 1. The maximum absolute atomic E-state index is 10.8. The zero-order valence-electron chi connectivity index (χ0n) is 12.7. The molecule has 0 saturated heterocycles. The van der Waals surface area contributed by atoms with Crippen LogP contribution in [0.25, 0.3) is 0 Å². The zero-order valence-corrected chi connectivity index (χ0v) is 12.7. The molecule has 0 aliphatic heterocycles. The average molecular weight is 280 g/mol. The second-order valence-electron chi connectivity index (χ2n) is 6.82. The molecule has 4 aliphatic carbocycles. The Morgan fingerprint density at radius 2 is 1.38 bits per heavy atom. The van der Waals surface area contributed by atoms with Gasteiger partial charge in [0.2, 0.25) is 0 Å². The Bertz CT molecular complexity index is 610. The topological polar surface area (TPSA) is 20.2 Å². The Morgan fingerprint density at radius 1 is 0.714 bits per heavy atom. The second-order valence-corrected chi connectivity index (χ2v) is 6.82. The van der Waals surface area contributed by atoms with Gasteiger partial charge in [-0.3, -0.25) is 0 Å². The molecular weight excluding hydrogens is 256 g/mol. The summed E-state index contributed by atoms with van der Waals surface area (Å²) in [7, 11) is 0. The van der Waals surface area contributed by atoms with Crippen LogP contribution in [0.2, 0.25) is 0 Å². The average Bonchev–Trinajstić information content (AvgIpc) is 2.55. The van der Waals surface area contributed by atoms with Crippen LogP contribution in [0.4, 0.5) is 0 Å². The summed E-state index contributed by atoms with van der Waals surface area (Å²) in [4.78, 5) is 0. The van der Waals surface area contributed by atoms with Gasteiger partial charge in [0.1, 0.15) is 6.10 Å². The van der Waals surface area contributed by atoms with Crippen molar-refractivity contribution in [2.75, 3.05) is 0 Å². The minimum Gasteiger partial charge on any atom is -0.384 e. The van der Waals surface area contributed by atoms with Gasteiger partial charge < -0.3 is 5.11 Å². The summed E-state index contributed by atoms with van der Waals surface area (Å²) in [6, 6.07) is 0. The molecule has 4 aliphatic rings. The third-order valence-corrected chi connectivity index (χ3v) is 5.53. The van der Waals surface area contributed by atoms with Crippen LogP contribution in [0.15, 0.2) is 57.7 Å². The predicted octanol–water partition coefficient (Wildman–Crippen LogP) is 4.91. The fourth-order valence-electron chi connectivity index (χ4n) is 4.29. The summed E-state index contributed by atoms with van der Waals surface area (Å²) in [5.74, 6) is 0. The zero-order chi connectivity index (χ0) is 14.2. The van der Waals surface area contributed by atoms with Crippen molar-refractivity contribution in [1.29, 1.82) is 0 Å². The van der Waals surface area contributed by atoms with Crippen LogP contribution >= 0.6 is 0 Å². The van der Waals surface area contributed by atoms with E-state index in [1.807, 2.05) is 0 Å². The molecule has 0 amide bonds. The van der Waals surface area contributed by atoms with Crippen LogP contribution in [-0.2, 0) is 0 Å². The van der Waals surface area contributed by atoms with Crippen molar-refractivity contribution >= 4 is 0 Å². The van der Waals surface area contributed by atoms with Crippen LogP contribution < -0.4 is 0 Å². The lowest BCUT2D eigenvalue weighted by molar-refractivity contribution is 0.239. The Labute approximate surface area is 127 Å². The van der Waals surface area contributed by atoms with Crippen molar-refractivity contribution in [1.82, 2.24) is 0 Å². The molecule has 1 nitrogen and oxygen atoms in total. The van der Waals surface area contributed by atoms with Gasteiger partial charge in [0.15, 0.2) is 0 Å². The first-order valence-electron chi connectivity index (χ1n) is 8.53. The molecule has 1 unspecified atom stereocenters. The van der Waals surface area contributed by atoms with E-state index in [1.54, 1.807) is 11.1 Å². The van der Waals surface area contributed by atoms with Crippen molar-refractivity contribution in [2.24, 2.45) is 0 Å². The van der Waals surface area contributed by atoms with E-state index in [0.717, 1.165) is 24.8 Å². The first kappa shape index (κ1) is 13.3. The summed E-state index contributed by atoms with van der Waals surface area (Å²) in [6.07, 6.45) is 19.7. The molecule has 0 aromatic rings. The van der Waals surface area contributed by atoms with Crippen molar-refractivity contribution in [3.63, 3.8) is 0 Å². The van der Waals surface area contributed by atoms with E-state index < -0.39 is 0 Å². The normalized spacial score (nSPS) is 32.3. The highest BCUT2D eigenvalue weighted by Crippen LogP contribution is 2.39. The molecule has 0 aromatic carbocycles. The van der Waals surface area contributed by atoms with E-state index in [0.29, 0.717) is 0 Å². The number of rotatable bonds is 0. The number of aliphatic hydroxyl groups excluding tert-OH is 1. The van der Waals surface area contributed by atoms with Gasteiger partial charge in [-0.15, -0.1) is 0 Å². The van der Waals surface area contributed by atoms with Crippen LogP contribution in [0, 0.1) is 0 Å². The minimum absolute atomic E-state index is 0.351. The molecular formula is C20H24O. The summed E-state index contributed by atoms with van der Waals surface area (Å²) in [6.45, 7) is 0. The smallest absolute Gasteiger partial charge is 0.101 e. The van der Waals surface area contributed by atoms with Gasteiger partial charge in [-0.1, -0.05) is 29.9 Å². The lowest BCUT2D eigenvalue weighted by Gasteiger charge is -2.30. The summed E-state index contributed by atoms with van der Waals surface area (Å²) >= 11 is 0. The van der Waals surface area contributed by atoms with Crippen LogP contribution in [-0.4, -0.2) is 11.2 Å². The van der Waals surface area contributed by atoms with E-state index in [1.165, 1.54) is 55.2 Å². The Balaban J connectivity index is 1.65. The molecule has 0 bridgehead atoms. The molecule has 0 aromatic heterocycles. The van der Waals surface area contributed by atoms with Gasteiger partial charge in [-0.05, 0) is 85.7 Å². The van der Waals surface area contributed by atoms with E-state index >= 15 is 0 Å².